The second-order valence-corrected chi connectivity index (χ2v) is 2.78. The number of nitrogens with two attached hydrogens (primary N) is 1. The molecule has 2 rings (SSSR count). The fourth-order valence-electron chi connectivity index (χ4n) is 1.34. The summed E-state index contributed by atoms with van der Waals surface area (Å²) in [4.78, 5) is 4.34. The highest BCUT2D eigenvalue weighted by molar-refractivity contribution is 5.04. The normalized spacial score (nSPS) is 16.1. The highest BCUT2D eigenvalue weighted by Crippen LogP contribution is 2.09. The zero-order valence-corrected chi connectivity index (χ0v) is 6.79. The first-order valence-corrected chi connectivity index (χ1v) is 3.96. The first kappa shape index (κ1) is 7.72. The van der Waals surface area contributed by atoms with Crippen LogP contribution >= 0.6 is 0 Å². The van der Waals surface area contributed by atoms with Gasteiger partial charge in [-0.1, -0.05) is 0 Å². The second kappa shape index (κ2) is 3.22. The summed E-state index contributed by atoms with van der Waals surface area (Å²) < 4.78 is 7.36. The van der Waals surface area contributed by atoms with Gasteiger partial charge in [-0.2, -0.15) is 0 Å². The third kappa shape index (κ3) is 1.34. The molecule has 1 aromatic heterocycles. The quantitative estimate of drug-likeness (QED) is 0.456. The Bertz CT molecular complexity index is 247. The maximum atomic E-state index is 5.25. The molecule has 0 aliphatic carbocycles. The maximum absolute atomic E-state index is 5.25. The number of nitrogens with one attached hydrogen (secondary N) is 1. The number of nitrogens with zero attached hydrogens (tertiary/aromatic N) is 2. The summed E-state index contributed by atoms with van der Waals surface area (Å²) in [6.45, 7) is 2.90. The van der Waals surface area contributed by atoms with E-state index in [1.165, 1.54) is 0 Å². The molecule has 0 unspecified atom stereocenters. The smallest absolute Gasteiger partial charge is 0.135 e. The van der Waals surface area contributed by atoms with E-state index in [-0.39, 0.29) is 0 Å². The second-order valence-electron chi connectivity index (χ2n) is 2.78. The van der Waals surface area contributed by atoms with Crippen LogP contribution in [-0.4, -0.2) is 16.2 Å². The zero-order chi connectivity index (χ0) is 8.39. The molecule has 0 spiro atoms. The van der Waals surface area contributed by atoms with Crippen molar-refractivity contribution in [3.05, 3.63) is 17.7 Å². The van der Waals surface area contributed by atoms with Crippen LogP contribution in [-0.2, 0) is 24.4 Å². The summed E-state index contributed by atoms with van der Waals surface area (Å²) in [6, 6.07) is 0. The highest BCUT2D eigenvalue weighted by Gasteiger charge is 2.11. The van der Waals surface area contributed by atoms with Gasteiger partial charge < -0.3 is 9.30 Å². The molecule has 0 amide bonds. The molecule has 1 aliphatic rings. The van der Waals surface area contributed by atoms with E-state index in [4.69, 9.17) is 10.6 Å². The van der Waals surface area contributed by atoms with Crippen LogP contribution in [0, 0.1) is 0 Å². The maximum Gasteiger partial charge on any atom is 0.135 e. The van der Waals surface area contributed by atoms with Gasteiger partial charge in [0.15, 0.2) is 0 Å². The standard InChI is InChI=1S/C7H12N4O/c8-9-3-6-4-11-1-2-12-5-7(11)10-6/h4,9H,1-3,5,8H2. The van der Waals surface area contributed by atoms with Crippen LogP contribution in [0.2, 0.25) is 0 Å². The molecule has 12 heavy (non-hydrogen) atoms. The third-order valence-electron chi connectivity index (χ3n) is 1.90. The Morgan fingerprint density at radius 2 is 2.67 bits per heavy atom. The molecule has 0 fully saturated rings. The van der Waals surface area contributed by atoms with Gasteiger partial charge in [-0.15, -0.1) is 0 Å². The number of imidazole rings is 1. The zero-order valence-electron chi connectivity index (χ0n) is 6.79. The number of hydrazine groups is 1. The molecular formula is C7H12N4O. The summed E-state index contributed by atoms with van der Waals surface area (Å²) >= 11 is 0. The molecule has 2 heterocycles. The van der Waals surface area contributed by atoms with Gasteiger partial charge in [-0.25, -0.2) is 4.98 Å². The van der Waals surface area contributed by atoms with Crippen molar-refractivity contribution in [1.82, 2.24) is 15.0 Å². The van der Waals surface area contributed by atoms with Gasteiger partial charge in [-0.3, -0.25) is 11.3 Å². The molecule has 0 saturated carbocycles. The van der Waals surface area contributed by atoms with Crippen molar-refractivity contribution < 1.29 is 4.74 Å². The van der Waals surface area contributed by atoms with Crippen LogP contribution in [0.4, 0.5) is 0 Å². The van der Waals surface area contributed by atoms with Crippen LogP contribution in [0.1, 0.15) is 11.5 Å². The van der Waals surface area contributed by atoms with Crippen LogP contribution in [0.25, 0.3) is 0 Å². The molecule has 3 N–H and O–H groups in total. The monoisotopic (exact) mass is 168 g/mol. The topological polar surface area (TPSA) is 65.1 Å². The Labute approximate surface area is 70.5 Å². The van der Waals surface area contributed by atoms with Crippen molar-refractivity contribution in [2.75, 3.05) is 6.61 Å². The summed E-state index contributed by atoms with van der Waals surface area (Å²) in [6.07, 6.45) is 2.01. The lowest BCUT2D eigenvalue weighted by molar-refractivity contribution is 0.0816. The average Bonchev–Trinajstić information content (AvgIpc) is 2.47. The number of fused-ring (bicyclic) bond motifs is 1. The lowest BCUT2D eigenvalue weighted by atomic mass is 10.5. The van der Waals surface area contributed by atoms with Gasteiger partial charge in [0.05, 0.1) is 18.8 Å². The summed E-state index contributed by atoms with van der Waals surface area (Å²) in [5.74, 6) is 6.18. The number of hydrogen-bond acceptors (Lipinski definition) is 4. The minimum Gasteiger partial charge on any atom is -0.372 e. The van der Waals surface area contributed by atoms with E-state index >= 15 is 0 Å². The molecule has 5 nitrogen and oxygen atoms in total. The molecule has 1 aromatic rings. The molecule has 0 bridgehead atoms. The Hall–Kier alpha value is -0.910. The average molecular weight is 168 g/mol. The van der Waals surface area contributed by atoms with Crippen molar-refractivity contribution in [2.45, 2.75) is 19.7 Å². The minimum absolute atomic E-state index is 0.611. The fourth-order valence-corrected chi connectivity index (χ4v) is 1.34. The van der Waals surface area contributed by atoms with Crippen LogP contribution < -0.4 is 11.3 Å². The van der Waals surface area contributed by atoms with Gasteiger partial charge in [0.2, 0.25) is 0 Å². The number of hydrogen-bond donors (Lipinski definition) is 2. The van der Waals surface area contributed by atoms with Gasteiger partial charge in [0.1, 0.15) is 12.4 Å². The van der Waals surface area contributed by atoms with Crippen LogP contribution in [0.15, 0.2) is 6.20 Å². The Morgan fingerprint density at radius 3 is 3.42 bits per heavy atom. The lowest BCUT2D eigenvalue weighted by Crippen LogP contribution is -2.20. The predicted molar refractivity (Wildman–Crippen MR) is 42.9 cm³/mol. The molecule has 0 radical (unpaired) electrons. The third-order valence-corrected chi connectivity index (χ3v) is 1.90. The predicted octanol–water partition coefficient (Wildman–Crippen LogP) is -0.623. The summed E-state index contributed by atoms with van der Waals surface area (Å²) in [5, 5.41) is 0. The van der Waals surface area contributed by atoms with E-state index in [1.54, 1.807) is 0 Å². The molecule has 66 valence electrons. The lowest BCUT2D eigenvalue weighted by Gasteiger charge is -2.13. The highest BCUT2D eigenvalue weighted by atomic mass is 16.5. The van der Waals surface area contributed by atoms with E-state index in [0.717, 1.165) is 24.7 Å². The summed E-state index contributed by atoms with van der Waals surface area (Å²) in [7, 11) is 0. The van der Waals surface area contributed by atoms with E-state index in [0.29, 0.717) is 13.2 Å². The van der Waals surface area contributed by atoms with E-state index in [1.807, 2.05) is 6.20 Å². The van der Waals surface area contributed by atoms with Crippen molar-refractivity contribution in [2.24, 2.45) is 5.84 Å². The molecule has 0 aromatic carbocycles. The van der Waals surface area contributed by atoms with Crippen molar-refractivity contribution >= 4 is 0 Å². The van der Waals surface area contributed by atoms with Crippen molar-refractivity contribution in [3.8, 4) is 0 Å². The van der Waals surface area contributed by atoms with E-state index in [2.05, 4.69) is 15.0 Å². The Morgan fingerprint density at radius 1 is 1.75 bits per heavy atom. The van der Waals surface area contributed by atoms with Crippen LogP contribution in [0.5, 0.6) is 0 Å². The van der Waals surface area contributed by atoms with Crippen LogP contribution in [0.3, 0.4) is 0 Å². The Kier molecular flexibility index (Phi) is 2.07. The number of rotatable bonds is 2. The number of ether oxygens (including phenoxy) is 1. The first-order valence-electron chi connectivity index (χ1n) is 3.96. The molecule has 1 aliphatic heterocycles. The van der Waals surface area contributed by atoms with Gasteiger partial charge in [0.25, 0.3) is 0 Å². The Balaban J connectivity index is 2.20. The van der Waals surface area contributed by atoms with Gasteiger partial charge in [0, 0.05) is 12.7 Å². The van der Waals surface area contributed by atoms with E-state index in [9.17, 15) is 0 Å². The van der Waals surface area contributed by atoms with E-state index < -0.39 is 0 Å². The molecule has 5 heteroatoms. The molecule has 0 saturated heterocycles. The fraction of sp³-hybridized carbons (Fsp3) is 0.571. The minimum atomic E-state index is 0.611. The molecular weight excluding hydrogens is 156 g/mol. The summed E-state index contributed by atoms with van der Waals surface area (Å²) in [5.41, 5.74) is 3.55. The van der Waals surface area contributed by atoms with Gasteiger partial charge >= 0.3 is 0 Å². The largest absolute Gasteiger partial charge is 0.372 e. The number of aromatic nitrogens is 2. The van der Waals surface area contributed by atoms with Gasteiger partial charge in [-0.05, 0) is 0 Å². The molecule has 0 atom stereocenters. The van der Waals surface area contributed by atoms with Crippen molar-refractivity contribution in [3.63, 3.8) is 0 Å². The first-order chi connectivity index (χ1) is 5.90. The SMILES string of the molecule is NNCc1cn2c(n1)COCC2. The van der Waals surface area contributed by atoms with Crippen molar-refractivity contribution in [1.29, 1.82) is 0 Å².